The minimum atomic E-state index is -0.113. The number of carbonyl (C=O) groups excluding carboxylic acids is 2. The van der Waals surface area contributed by atoms with E-state index in [1.807, 2.05) is 43.3 Å². The number of carbonyl (C=O) groups is 2. The molecule has 0 radical (unpaired) electrons. The lowest BCUT2D eigenvalue weighted by molar-refractivity contribution is -0.115. The molecule has 2 aromatic carbocycles. The molecule has 2 rings (SSSR count). The number of para-hydroxylation sites is 1. The molecule has 0 aliphatic carbocycles. The van der Waals surface area contributed by atoms with E-state index in [0.29, 0.717) is 0 Å². The number of aryl methyl sites for hydroxylation is 1. The van der Waals surface area contributed by atoms with Crippen LogP contribution in [0.15, 0.2) is 48.5 Å². The Labute approximate surface area is 129 Å². The van der Waals surface area contributed by atoms with Crippen molar-refractivity contribution in [1.29, 1.82) is 0 Å². The van der Waals surface area contributed by atoms with Crippen LogP contribution in [0.1, 0.15) is 12.5 Å². The summed E-state index contributed by atoms with van der Waals surface area (Å²) in [5, 5.41) is 8.59. The minimum absolute atomic E-state index is 0.111. The molecule has 5 heteroatoms. The van der Waals surface area contributed by atoms with Crippen molar-refractivity contribution in [1.82, 2.24) is 0 Å². The van der Waals surface area contributed by atoms with E-state index >= 15 is 0 Å². The molecule has 0 heterocycles. The molecule has 0 aliphatic rings. The van der Waals surface area contributed by atoms with Crippen LogP contribution in [0.5, 0.6) is 0 Å². The highest BCUT2D eigenvalue weighted by Crippen LogP contribution is 2.14. The first-order chi connectivity index (χ1) is 10.5. The van der Waals surface area contributed by atoms with Crippen molar-refractivity contribution in [2.45, 2.75) is 13.8 Å². The number of hydrogen-bond donors (Lipinski definition) is 3. The SMILES string of the molecule is CC(=O)Nc1ccc(NCC(=O)Nc2ccccc2C)cc1. The topological polar surface area (TPSA) is 70.2 Å². The lowest BCUT2D eigenvalue weighted by atomic mass is 10.2. The molecule has 0 atom stereocenters. The maximum absolute atomic E-state index is 11.9. The lowest BCUT2D eigenvalue weighted by Gasteiger charge is -2.10. The summed E-state index contributed by atoms with van der Waals surface area (Å²) in [5.41, 5.74) is 3.38. The van der Waals surface area contributed by atoms with E-state index in [-0.39, 0.29) is 18.4 Å². The molecule has 0 bridgehead atoms. The summed E-state index contributed by atoms with van der Waals surface area (Å²) in [6.07, 6.45) is 0. The second-order valence-electron chi connectivity index (χ2n) is 4.98. The molecule has 0 saturated carbocycles. The highest BCUT2D eigenvalue weighted by molar-refractivity contribution is 5.94. The normalized spacial score (nSPS) is 9.91. The van der Waals surface area contributed by atoms with Crippen LogP contribution in [0.25, 0.3) is 0 Å². The molecule has 22 heavy (non-hydrogen) atoms. The Kier molecular flexibility index (Phi) is 5.14. The molecule has 3 N–H and O–H groups in total. The molecule has 0 saturated heterocycles. The summed E-state index contributed by atoms with van der Waals surface area (Å²) in [7, 11) is 0. The molecule has 0 fully saturated rings. The first-order valence-corrected chi connectivity index (χ1v) is 7.01. The first-order valence-electron chi connectivity index (χ1n) is 7.01. The molecular formula is C17H19N3O2. The van der Waals surface area contributed by atoms with Gasteiger partial charge in [0.15, 0.2) is 0 Å². The van der Waals surface area contributed by atoms with E-state index in [1.54, 1.807) is 12.1 Å². The smallest absolute Gasteiger partial charge is 0.243 e. The Bertz CT molecular complexity index is 666. The predicted octanol–water partition coefficient (Wildman–Crippen LogP) is 3.00. The van der Waals surface area contributed by atoms with Crippen molar-refractivity contribution >= 4 is 28.9 Å². The van der Waals surface area contributed by atoms with Crippen LogP contribution in [-0.4, -0.2) is 18.4 Å². The number of benzene rings is 2. The zero-order chi connectivity index (χ0) is 15.9. The van der Waals surface area contributed by atoms with E-state index in [4.69, 9.17) is 0 Å². The predicted molar refractivity (Wildman–Crippen MR) is 89.0 cm³/mol. The highest BCUT2D eigenvalue weighted by Gasteiger charge is 2.04. The maximum atomic E-state index is 11.9. The van der Waals surface area contributed by atoms with Crippen LogP contribution in [-0.2, 0) is 9.59 Å². The average molecular weight is 297 g/mol. The molecule has 0 unspecified atom stereocenters. The minimum Gasteiger partial charge on any atom is -0.376 e. The summed E-state index contributed by atoms with van der Waals surface area (Å²) in [4.78, 5) is 22.9. The van der Waals surface area contributed by atoms with Gasteiger partial charge in [-0.25, -0.2) is 0 Å². The third-order valence-corrected chi connectivity index (χ3v) is 3.08. The fourth-order valence-corrected chi connectivity index (χ4v) is 1.96. The van der Waals surface area contributed by atoms with Crippen LogP contribution < -0.4 is 16.0 Å². The third kappa shape index (κ3) is 4.63. The van der Waals surface area contributed by atoms with E-state index in [2.05, 4.69) is 16.0 Å². The van der Waals surface area contributed by atoms with Crippen LogP contribution in [0, 0.1) is 6.92 Å². The molecule has 0 aliphatic heterocycles. The van der Waals surface area contributed by atoms with Crippen LogP contribution >= 0.6 is 0 Å². The molecule has 5 nitrogen and oxygen atoms in total. The average Bonchev–Trinajstić information content (AvgIpc) is 2.48. The van der Waals surface area contributed by atoms with Gasteiger partial charge in [0.2, 0.25) is 11.8 Å². The zero-order valence-corrected chi connectivity index (χ0v) is 12.6. The number of anilines is 3. The van der Waals surface area contributed by atoms with Gasteiger partial charge in [-0.05, 0) is 42.8 Å². The van der Waals surface area contributed by atoms with Gasteiger partial charge in [0.05, 0.1) is 6.54 Å². The standard InChI is InChI=1S/C17H19N3O2/c1-12-5-3-4-6-16(12)20-17(22)11-18-14-7-9-15(10-8-14)19-13(2)21/h3-10,18H,11H2,1-2H3,(H,19,21)(H,20,22). The number of amides is 2. The second kappa shape index (κ2) is 7.26. The number of rotatable bonds is 5. The maximum Gasteiger partial charge on any atom is 0.243 e. The fourth-order valence-electron chi connectivity index (χ4n) is 1.96. The Balaban J connectivity index is 1.86. The van der Waals surface area contributed by atoms with E-state index in [1.165, 1.54) is 6.92 Å². The van der Waals surface area contributed by atoms with Gasteiger partial charge in [0.25, 0.3) is 0 Å². The van der Waals surface area contributed by atoms with Crippen molar-refractivity contribution in [3.8, 4) is 0 Å². The number of hydrogen-bond acceptors (Lipinski definition) is 3. The highest BCUT2D eigenvalue weighted by atomic mass is 16.2. The van der Waals surface area contributed by atoms with Gasteiger partial charge >= 0.3 is 0 Å². The summed E-state index contributed by atoms with van der Waals surface area (Å²) in [6, 6.07) is 14.8. The van der Waals surface area contributed by atoms with Gasteiger partial charge in [0.1, 0.15) is 0 Å². The van der Waals surface area contributed by atoms with Crippen molar-refractivity contribution < 1.29 is 9.59 Å². The van der Waals surface area contributed by atoms with E-state index in [9.17, 15) is 9.59 Å². The van der Waals surface area contributed by atoms with Crippen LogP contribution in [0.3, 0.4) is 0 Å². The van der Waals surface area contributed by atoms with Crippen LogP contribution in [0.4, 0.5) is 17.1 Å². The van der Waals surface area contributed by atoms with E-state index in [0.717, 1.165) is 22.6 Å². The van der Waals surface area contributed by atoms with E-state index < -0.39 is 0 Å². The lowest BCUT2D eigenvalue weighted by Crippen LogP contribution is -2.22. The molecule has 114 valence electrons. The largest absolute Gasteiger partial charge is 0.376 e. The number of nitrogens with one attached hydrogen (secondary N) is 3. The Hall–Kier alpha value is -2.82. The van der Waals surface area contributed by atoms with Crippen molar-refractivity contribution in [2.24, 2.45) is 0 Å². The van der Waals surface area contributed by atoms with Crippen molar-refractivity contribution in [3.05, 3.63) is 54.1 Å². The van der Waals surface area contributed by atoms with Gasteiger partial charge in [-0.1, -0.05) is 18.2 Å². The molecule has 2 aromatic rings. The molecular weight excluding hydrogens is 278 g/mol. The summed E-state index contributed by atoms with van der Waals surface area (Å²) < 4.78 is 0. The second-order valence-corrected chi connectivity index (χ2v) is 4.98. The van der Waals surface area contributed by atoms with Crippen molar-refractivity contribution in [2.75, 3.05) is 22.5 Å². The Morgan fingerprint density at radius 3 is 2.18 bits per heavy atom. The third-order valence-electron chi connectivity index (χ3n) is 3.08. The van der Waals surface area contributed by atoms with Gasteiger partial charge in [-0.15, -0.1) is 0 Å². The molecule has 0 aromatic heterocycles. The quantitative estimate of drug-likeness (QED) is 0.794. The summed E-state index contributed by atoms with van der Waals surface area (Å²) in [6.45, 7) is 3.58. The van der Waals surface area contributed by atoms with Crippen LogP contribution in [0.2, 0.25) is 0 Å². The van der Waals surface area contributed by atoms with Gasteiger partial charge < -0.3 is 16.0 Å². The molecule has 2 amide bonds. The summed E-state index contributed by atoms with van der Waals surface area (Å²) in [5.74, 6) is -0.224. The van der Waals surface area contributed by atoms with Gasteiger partial charge in [-0.2, -0.15) is 0 Å². The fraction of sp³-hybridized carbons (Fsp3) is 0.176. The van der Waals surface area contributed by atoms with Gasteiger partial charge in [0, 0.05) is 24.0 Å². The Morgan fingerprint density at radius 1 is 0.909 bits per heavy atom. The van der Waals surface area contributed by atoms with Gasteiger partial charge in [-0.3, -0.25) is 9.59 Å². The summed E-state index contributed by atoms with van der Waals surface area (Å²) >= 11 is 0. The monoisotopic (exact) mass is 297 g/mol. The van der Waals surface area contributed by atoms with Crippen molar-refractivity contribution in [3.63, 3.8) is 0 Å². The molecule has 0 spiro atoms. The Morgan fingerprint density at radius 2 is 1.55 bits per heavy atom. The first kappa shape index (κ1) is 15.6. The zero-order valence-electron chi connectivity index (χ0n) is 12.6.